The fraction of sp³-hybridized carbons (Fsp3) is 0.353. The Kier molecular flexibility index (Phi) is 4.76. The van der Waals surface area contributed by atoms with Crippen LogP contribution in [0.4, 0.5) is 11.6 Å². The molecule has 0 radical (unpaired) electrons. The predicted molar refractivity (Wildman–Crippen MR) is 91.3 cm³/mol. The molecule has 2 heterocycles. The van der Waals surface area contributed by atoms with Gasteiger partial charge in [0, 0.05) is 30.0 Å². The normalized spacial score (nSPS) is 14.6. The highest BCUT2D eigenvalue weighted by Gasteiger charge is 2.19. The third-order valence-electron chi connectivity index (χ3n) is 4.03. The second-order valence-electron chi connectivity index (χ2n) is 5.66. The lowest BCUT2D eigenvalue weighted by atomic mass is 10.1. The largest absolute Gasteiger partial charge is 0.337 e. The van der Waals surface area contributed by atoms with Gasteiger partial charge in [-0.05, 0) is 49.9 Å². The summed E-state index contributed by atoms with van der Waals surface area (Å²) in [5, 5.41) is 3.81. The molecule has 1 N–H and O–H groups in total. The maximum absolute atomic E-state index is 12.5. The molecule has 1 aliphatic heterocycles. The molecule has 0 aliphatic carbocycles. The van der Waals surface area contributed by atoms with Gasteiger partial charge in [0.15, 0.2) is 0 Å². The van der Waals surface area contributed by atoms with E-state index in [1.54, 1.807) is 12.3 Å². The van der Waals surface area contributed by atoms with Gasteiger partial charge in [-0.25, -0.2) is 9.97 Å². The maximum Gasteiger partial charge on any atom is 0.272 e. The van der Waals surface area contributed by atoms with E-state index in [0.717, 1.165) is 37.2 Å². The van der Waals surface area contributed by atoms with Crippen LogP contribution in [-0.2, 0) is 0 Å². The van der Waals surface area contributed by atoms with E-state index in [1.807, 2.05) is 30.0 Å². The first-order valence-electron chi connectivity index (χ1n) is 7.79. The van der Waals surface area contributed by atoms with Gasteiger partial charge < -0.3 is 10.2 Å². The van der Waals surface area contributed by atoms with Crippen molar-refractivity contribution in [3.05, 3.63) is 46.7 Å². The van der Waals surface area contributed by atoms with E-state index in [-0.39, 0.29) is 5.91 Å². The number of carbonyl (C=O) groups excluding carboxylic acids is 1. The van der Waals surface area contributed by atoms with Crippen molar-refractivity contribution >= 4 is 29.1 Å². The van der Waals surface area contributed by atoms with Crippen LogP contribution in [0.1, 0.15) is 35.3 Å². The van der Waals surface area contributed by atoms with Crippen LogP contribution in [0.3, 0.4) is 0 Å². The minimum Gasteiger partial charge on any atom is -0.337 e. The van der Waals surface area contributed by atoms with E-state index >= 15 is 0 Å². The number of benzene rings is 1. The summed E-state index contributed by atoms with van der Waals surface area (Å²) in [6.07, 6.45) is 4.91. The Hall–Kier alpha value is -2.14. The monoisotopic (exact) mass is 330 g/mol. The molecule has 0 unspecified atom stereocenters. The van der Waals surface area contributed by atoms with Crippen molar-refractivity contribution in [2.75, 3.05) is 18.4 Å². The fourth-order valence-electron chi connectivity index (χ4n) is 2.66. The van der Waals surface area contributed by atoms with Crippen molar-refractivity contribution in [2.45, 2.75) is 26.2 Å². The number of rotatable bonds is 3. The van der Waals surface area contributed by atoms with Gasteiger partial charge in [0.2, 0.25) is 5.95 Å². The fourth-order valence-corrected chi connectivity index (χ4v) is 2.83. The van der Waals surface area contributed by atoms with Gasteiger partial charge in [-0.15, -0.1) is 0 Å². The molecule has 0 spiro atoms. The average Bonchev–Trinajstić information content (AvgIpc) is 2.59. The minimum absolute atomic E-state index is 0.0297. The summed E-state index contributed by atoms with van der Waals surface area (Å²) >= 11 is 6.12. The molecule has 1 amide bonds. The molecule has 1 fully saturated rings. The van der Waals surface area contributed by atoms with Gasteiger partial charge in [-0.1, -0.05) is 17.7 Å². The number of likely N-dealkylation sites (tertiary alicyclic amines) is 1. The number of carbonyl (C=O) groups is 1. The Morgan fingerprint density at radius 2 is 2.00 bits per heavy atom. The molecule has 2 aromatic rings. The van der Waals surface area contributed by atoms with Crippen molar-refractivity contribution in [1.29, 1.82) is 0 Å². The van der Waals surface area contributed by atoms with E-state index in [1.165, 1.54) is 6.42 Å². The molecular formula is C17H19ClN4O. The minimum atomic E-state index is -0.0297. The lowest BCUT2D eigenvalue weighted by Gasteiger charge is -2.26. The smallest absolute Gasteiger partial charge is 0.272 e. The maximum atomic E-state index is 12.5. The Morgan fingerprint density at radius 3 is 2.78 bits per heavy atom. The Labute approximate surface area is 140 Å². The Bertz CT molecular complexity index is 713. The highest BCUT2D eigenvalue weighted by Crippen LogP contribution is 2.25. The number of amides is 1. The number of piperidine rings is 1. The third kappa shape index (κ3) is 3.62. The topological polar surface area (TPSA) is 58.1 Å². The van der Waals surface area contributed by atoms with Crippen molar-refractivity contribution < 1.29 is 4.79 Å². The molecule has 5 nitrogen and oxygen atoms in total. The number of hydrogen-bond donors (Lipinski definition) is 1. The number of anilines is 2. The van der Waals surface area contributed by atoms with Crippen molar-refractivity contribution in [3.63, 3.8) is 0 Å². The van der Waals surface area contributed by atoms with Crippen LogP contribution in [0.15, 0.2) is 30.5 Å². The second-order valence-corrected chi connectivity index (χ2v) is 6.06. The molecule has 120 valence electrons. The molecule has 0 saturated carbocycles. The summed E-state index contributed by atoms with van der Waals surface area (Å²) in [6, 6.07) is 7.26. The van der Waals surface area contributed by atoms with Gasteiger partial charge in [0.1, 0.15) is 5.69 Å². The van der Waals surface area contributed by atoms with Crippen LogP contribution in [0.25, 0.3) is 0 Å². The van der Waals surface area contributed by atoms with E-state index in [9.17, 15) is 4.79 Å². The molecule has 1 saturated heterocycles. The SMILES string of the molecule is Cc1c(Cl)cccc1Nc1nccc(C(=O)N2CCCCC2)n1. The summed E-state index contributed by atoms with van der Waals surface area (Å²) in [5.74, 6) is 0.371. The summed E-state index contributed by atoms with van der Waals surface area (Å²) in [7, 11) is 0. The molecule has 0 atom stereocenters. The number of hydrogen-bond acceptors (Lipinski definition) is 4. The molecule has 23 heavy (non-hydrogen) atoms. The van der Waals surface area contributed by atoms with Crippen molar-refractivity contribution in [1.82, 2.24) is 14.9 Å². The van der Waals surface area contributed by atoms with Gasteiger partial charge in [-0.2, -0.15) is 0 Å². The van der Waals surface area contributed by atoms with Crippen LogP contribution in [0.5, 0.6) is 0 Å². The van der Waals surface area contributed by atoms with Gasteiger partial charge >= 0.3 is 0 Å². The first kappa shape index (κ1) is 15.7. The highest BCUT2D eigenvalue weighted by molar-refractivity contribution is 6.31. The van der Waals surface area contributed by atoms with Crippen LogP contribution in [-0.4, -0.2) is 33.9 Å². The zero-order valence-electron chi connectivity index (χ0n) is 13.1. The van der Waals surface area contributed by atoms with Crippen LogP contribution >= 0.6 is 11.6 Å². The van der Waals surface area contributed by atoms with Crippen LogP contribution < -0.4 is 5.32 Å². The zero-order chi connectivity index (χ0) is 16.2. The molecule has 1 aromatic heterocycles. The second kappa shape index (κ2) is 6.96. The number of halogens is 1. The summed E-state index contributed by atoms with van der Waals surface area (Å²) < 4.78 is 0. The average molecular weight is 331 g/mol. The number of nitrogens with one attached hydrogen (secondary N) is 1. The summed E-state index contributed by atoms with van der Waals surface area (Å²) in [4.78, 5) is 22.9. The molecule has 3 rings (SSSR count). The van der Waals surface area contributed by atoms with E-state index < -0.39 is 0 Å². The lowest BCUT2D eigenvalue weighted by Crippen LogP contribution is -2.36. The van der Waals surface area contributed by atoms with Crippen LogP contribution in [0, 0.1) is 6.92 Å². The number of nitrogens with zero attached hydrogens (tertiary/aromatic N) is 3. The van der Waals surface area contributed by atoms with Gasteiger partial charge in [0.05, 0.1) is 0 Å². The standard InChI is InChI=1S/C17H19ClN4O/c1-12-13(18)6-5-7-14(12)20-17-19-9-8-15(21-17)16(23)22-10-3-2-4-11-22/h5-9H,2-4,10-11H2,1H3,(H,19,20,21). The van der Waals surface area contributed by atoms with Crippen molar-refractivity contribution in [2.24, 2.45) is 0 Å². The molecule has 1 aliphatic rings. The summed E-state index contributed by atoms with van der Waals surface area (Å²) in [6.45, 7) is 3.53. The molecule has 1 aromatic carbocycles. The number of aromatic nitrogens is 2. The van der Waals surface area contributed by atoms with Crippen molar-refractivity contribution in [3.8, 4) is 0 Å². The lowest BCUT2D eigenvalue weighted by molar-refractivity contribution is 0.0718. The highest BCUT2D eigenvalue weighted by atomic mass is 35.5. The van der Waals surface area contributed by atoms with Gasteiger partial charge in [-0.3, -0.25) is 4.79 Å². The first-order chi connectivity index (χ1) is 11.1. The van der Waals surface area contributed by atoms with Crippen LogP contribution in [0.2, 0.25) is 5.02 Å². The predicted octanol–water partition coefficient (Wildman–Crippen LogP) is 3.81. The van der Waals surface area contributed by atoms with Gasteiger partial charge in [0.25, 0.3) is 5.91 Å². The van der Waals surface area contributed by atoms with E-state index in [0.29, 0.717) is 16.7 Å². The quantitative estimate of drug-likeness (QED) is 0.929. The third-order valence-corrected chi connectivity index (χ3v) is 4.44. The molecule has 0 bridgehead atoms. The zero-order valence-corrected chi connectivity index (χ0v) is 13.8. The van der Waals surface area contributed by atoms with E-state index in [2.05, 4.69) is 15.3 Å². The Morgan fingerprint density at radius 1 is 1.22 bits per heavy atom. The molecule has 6 heteroatoms. The first-order valence-corrected chi connectivity index (χ1v) is 8.17. The molecular weight excluding hydrogens is 312 g/mol. The Balaban J connectivity index is 1.79. The van der Waals surface area contributed by atoms with E-state index in [4.69, 9.17) is 11.6 Å². The summed E-state index contributed by atoms with van der Waals surface area (Å²) in [5.41, 5.74) is 2.18.